The molecule has 1 rings (SSSR count). The van der Waals surface area contributed by atoms with Crippen LogP contribution in [0.3, 0.4) is 0 Å². The Balaban J connectivity index is 2.79. The number of aliphatic hydroxyl groups excluding tert-OH is 1. The van der Waals surface area contributed by atoms with Gasteiger partial charge in [0.05, 0.1) is 0 Å². The Morgan fingerprint density at radius 1 is 1.29 bits per heavy atom. The van der Waals surface area contributed by atoms with Crippen LogP contribution in [-0.2, 0) is 12.8 Å². The number of aliphatic hydroxyl groups is 1. The third kappa shape index (κ3) is 5.22. The lowest BCUT2D eigenvalue weighted by molar-refractivity contribution is 0.237. The van der Waals surface area contributed by atoms with Gasteiger partial charge in [-0.2, -0.15) is 0 Å². The van der Waals surface area contributed by atoms with Crippen molar-refractivity contribution < 1.29 is 5.11 Å². The van der Waals surface area contributed by atoms with E-state index in [1.807, 2.05) is 0 Å². The third-order valence-corrected chi connectivity index (χ3v) is 3.47. The van der Waals surface area contributed by atoms with E-state index in [1.165, 1.54) is 15.6 Å². The normalized spacial score (nSPS) is 13.8. The van der Waals surface area contributed by atoms with Crippen molar-refractivity contribution in [2.24, 2.45) is 11.3 Å². The standard InChI is InChI=1S/C15H23BrO/c1-11(10-17)7-13-6-5-12(8-14(13)16)9-15(2,3)4/h5-6,8,11,17H,7,9-10H2,1-4H3. The Kier molecular flexibility index (Phi) is 5.21. The van der Waals surface area contributed by atoms with Crippen LogP contribution in [0.4, 0.5) is 0 Å². The first kappa shape index (κ1) is 14.7. The quantitative estimate of drug-likeness (QED) is 0.883. The van der Waals surface area contributed by atoms with Crippen LogP contribution in [0.1, 0.15) is 38.8 Å². The molecule has 1 aromatic rings. The minimum absolute atomic E-state index is 0.246. The number of benzene rings is 1. The summed E-state index contributed by atoms with van der Waals surface area (Å²) in [6.07, 6.45) is 2.01. The number of hydrogen-bond donors (Lipinski definition) is 1. The SMILES string of the molecule is CC(CO)Cc1ccc(CC(C)(C)C)cc1Br. The molecule has 0 aliphatic heterocycles. The molecule has 0 bridgehead atoms. The molecule has 2 heteroatoms. The number of rotatable bonds is 4. The summed E-state index contributed by atoms with van der Waals surface area (Å²) in [5.74, 6) is 0.319. The van der Waals surface area contributed by atoms with Crippen LogP contribution in [0, 0.1) is 11.3 Å². The molecule has 1 atom stereocenters. The lowest BCUT2D eigenvalue weighted by Crippen LogP contribution is -2.10. The second kappa shape index (κ2) is 6.01. The van der Waals surface area contributed by atoms with Gasteiger partial charge >= 0.3 is 0 Å². The van der Waals surface area contributed by atoms with Gasteiger partial charge in [-0.1, -0.05) is 55.8 Å². The third-order valence-electron chi connectivity index (χ3n) is 2.73. The first-order chi connectivity index (χ1) is 7.81. The van der Waals surface area contributed by atoms with Crippen molar-refractivity contribution >= 4 is 15.9 Å². The average molecular weight is 299 g/mol. The fourth-order valence-corrected chi connectivity index (χ4v) is 2.51. The molecule has 0 aliphatic carbocycles. The van der Waals surface area contributed by atoms with Crippen LogP contribution in [0.15, 0.2) is 22.7 Å². The van der Waals surface area contributed by atoms with Crippen molar-refractivity contribution in [2.45, 2.75) is 40.5 Å². The summed E-state index contributed by atoms with van der Waals surface area (Å²) in [4.78, 5) is 0. The van der Waals surface area contributed by atoms with Gasteiger partial charge in [0, 0.05) is 11.1 Å². The molecule has 0 saturated heterocycles. The molecule has 0 fully saturated rings. The average Bonchev–Trinajstić information content (AvgIpc) is 2.19. The first-order valence-electron chi connectivity index (χ1n) is 6.20. The van der Waals surface area contributed by atoms with Crippen molar-refractivity contribution in [1.29, 1.82) is 0 Å². The lowest BCUT2D eigenvalue weighted by atomic mass is 9.87. The maximum absolute atomic E-state index is 9.08. The predicted molar refractivity (Wildman–Crippen MR) is 77.3 cm³/mol. The van der Waals surface area contributed by atoms with Gasteiger partial charge in [0.1, 0.15) is 0 Å². The molecule has 0 heterocycles. The molecule has 96 valence electrons. The summed E-state index contributed by atoms with van der Waals surface area (Å²) in [5, 5.41) is 9.08. The van der Waals surface area contributed by atoms with E-state index in [1.54, 1.807) is 0 Å². The molecule has 17 heavy (non-hydrogen) atoms. The molecule has 1 N–H and O–H groups in total. The van der Waals surface area contributed by atoms with Crippen LogP contribution in [-0.4, -0.2) is 11.7 Å². The lowest BCUT2D eigenvalue weighted by Gasteiger charge is -2.19. The zero-order valence-electron chi connectivity index (χ0n) is 11.3. The summed E-state index contributed by atoms with van der Waals surface area (Å²) in [6, 6.07) is 6.59. The number of hydrogen-bond acceptors (Lipinski definition) is 1. The maximum atomic E-state index is 9.08. The fourth-order valence-electron chi connectivity index (χ4n) is 1.92. The Bertz CT molecular complexity index is 366. The maximum Gasteiger partial charge on any atom is 0.0459 e. The van der Waals surface area contributed by atoms with Gasteiger partial charge in [0.15, 0.2) is 0 Å². The van der Waals surface area contributed by atoms with Crippen LogP contribution < -0.4 is 0 Å². The number of halogens is 1. The van der Waals surface area contributed by atoms with Gasteiger partial charge in [-0.3, -0.25) is 0 Å². The summed E-state index contributed by atoms with van der Waals surface area (Å²) in [7, 11) is 0. The Labute approximate surface area is 113 Å². The van der Waals surface area contributed by atoms with E-state index in [-0.39, 0.29) is 6.61 Å². The van der Waals surface area contributed by atoms with Crippen molar-refractivity contribution in [3.63, 3.8) is 0 Å². The second-order valence-corrected chi connectivity index (χ2v) is 7.01. The van der Waals surface area contributed by atoms with Gasteiger partial charge < -0.3 is 5.11 Å². The highest BCUT2D eigenvalue weighted by Gasteiger charge is 2.13. The van der Waals surface area contributed by atoms with E-state index >= 15 is 0 Å². The minimum atomic E-state index is 0.246. The summed E-state index contributed by atoms with van der Waals surface area (Å²) in [6.45, 7) is 9.07. The van der Waals surface area contributed by atoms with E-state index in [0.29, 0.717) is 11.3 Å². The first-order valence-corrected chi connectivity index (χ1v) is 6.99. The molecular weight excluding hydrogens is 276 g/mol. The molecule has 1 unspecified atom stereocenters. The minimum Gasteiger partial charge on any atom is -0.396 e. The zero-order chi connectivity index (χ0) is 13.1. The predicted octanol–water partition coefficient (Wildman–Crippen LogP) is 4.21. The Hall–Kier alpha value is -0.340. The second-order valence-electron chi connectivity index (χ2n) is 6.16. The van der Waals surface area contributed by atoms with E-state index in [9.17, 15) is 0 Å². The van der Waals surface area contributed by atoms with Gasteiger partial charge in [-0.25, -0.2) is 0 Å². The molecule has 0 amide bonds. The van der Waals surface area contributed by atoms with Gasteiger partial charge in [0.25, 0.3) is 0 Å². The van der Waals surface area contributed by atoms with Crippen molar-refractivity contribution in [3.05, 3.63) is 33.8 Å². The van der Waals surface area contributed by atoms with E-state index in [2.05, 4.69) is 61.8 Å². The molecule has 0 saturated carbocycles. The summed E-state index contributed by atoms with van der Waals surface area (Å²) < 4.78 is 1.17. The molecule has 0 radical (unpaired) electrons. The topological polar surface area (TPSA) is 20.2 Å². The van der Waals surface area contributed by atoms with E-state index in [4.69, 9.17) is 5.11 Å². The van der Waals surface area contributed by atoms with Crippen LogP contribution >= 0.6 is 15.9 Å². The van der Waals surface area contributed by atoms with Crippen molar-refractivity contribution in [1.82, 2.24) is 0 Å². The highest BCUT2D eigenvalue weighted by molar-refractivity contribution is 9.10. The fraction of sp³-hybridized carbons (Fsp3) is 0.600. The van der Waals surface area contributed by atoms with Gasteiger partial charge in [-0.15, -0.1) is 0 Å². The van der Waals surface area contributed by atoms with Gasteiger partial charge in [-0.05, 0) is 41.4 Å². The zero-order valence-corrected chi connectivity index (χ0v) is 12.8. The molecule has 0 spiro atoms. The van der Waals surface area contributed by atoms with Crippen molar-refractivity contribution in [2.75, 3.05) is 6.61 Å². The highest BCUT2D eigenvalue weighted by Crippen LogP contribution is 2.26. The van der Waals surface area contributed by atoms with Crippen LogP contribution in [0.5, 0.6) is 0 Å². The van der Waals surface area contributed by atoms with Crippen LogP contribution in [0.25, 0.3) is 0 Å². The molecule has 0 aromatic heterocycles. The molecule has 1 nitrogen and oxygen atoms in total. The Morgan fingerprint density at radius 2 is 1.94 bits per heavy atom. The largest absolute Gasteiger partial charge is 0.396 e. The van der Waals surface area contributed by atoms with Crippen molar-refractivity contribution in [3.8, 4) is 0 Å². The van der Waals surface area contributed by atoms with Crippen LogP contribution in [0.2, 0.25) is 0 Å². The highest BCUT2D eigenvalue weighted by atomic mass is 79.9. The Morgan fingerprint density at radius 3 is 2.41 bits per heavy atom. The summed E-state index contributed by atoms with van der Waals surface area (Å²) >= 11 is 3.63. The monoisotopic (exact) mass is 298 g/mol. The van der Waals surface area contributed by atoms with E-state index < -0.39 is 0 Å². The molecular formula is C15H23BrO. The van der Waals surface area contributed by atoms with Gasteiger partial charge in [0.2, 0.25) is 0 Å². The smallest absolute Gasteiger partial charge is 0.0459 e. The summed E-state index contributed by atoms with van der Waals surface area (Å²) in [5.41, 5.74) is 2.97. The molecule has 1 aromatic carbocycles. The molecule has 0 aliphatic rings. The van der Waals surface area contributed by atoms with E-state index in [0.717, 1.165) is 12.8 Å².